The number of benzene rings is 1. The molecule has 0 bridgehead atoms. The molecule has 0 fully saturated rings. The molecular weight excluding hydrogens is 210 g/mol. The third-order valence-corrected chi connectivity index (χ3v) is 2.62. The first-order valence-corrected chi connectivity index (χ1v) is 5.40. The average molecular weight is 225 g/mol. The summed E-state index contributed by atoms with van der Waals surface area (Å²) in [5.74, 6) is 0.882. The first kappa shape index (κ1) is 11.2. The van der Waals surface area contributed by atoms with Gasteiger partial charge >= 0.3 is 0 Å². The van der Waals surface area contributed by atoms with Crippen molar-refractivity contribution in [1.29, 1.82) is 0 Å². The number of fused-ring (bicyclic) bond motifs is 1. The Kier molecular flexibility index (Phi) is 3.10. The van der Waals surface area contributed by atoms with Crippen LogP contribution in [-0.2, 0) is 7.05 Å². The van der Waals surface area contributed by atoms with Crippen LogP contribution in [0.1, 0.15) is 5.82 Å². The Hall–Kier alpha value is -2.29. The highest BCUT2D eigenvalue weighted by atomic mass is 15.1. The number of nitrogens with two attached hydrogens (primary N) is 1. The lowest BCUT2D eigenvalue weighted by Gasteiger charge is -2.02. The second kappa shape index (κ2) is 4.70. The number of nitrogens with zero attached hydrogens (tertiary/aromatic N) is 2. The van der Waals surface area contributed by atoms with E-state index in [1.807, 2.05) is 48.0 Å². The van der Waals surface area contributed by atoms with Crippen LogP contribution in [0.3, 0.4) is 0 Å². The summed E-state index contributed by atoms with van der Waals surface area (Å²) in [5, 5.41) is 0. The molecule has 0 spiro atoms. The molecule has 0 aliphatic rings. The SMILES string of the molecule is C=C/C=C(\C=C/N)c1nc2ccccc2n1C. The van der Waals surface area contributed by atoms with Crippen molar-refractivity contribution >= 4 is 16.6 Å². The largest absolute Gasteiger partial charge is 0.405 e. The van der Waals surface area contributed by atoms with Crippen molar-refractivity contribution in [2.24, 2.45) is 12.8 Å². The van der Waals surface area contributed by atoms with Gasteiger partial charge in [-0.25, -0.2) is 4.98 Å². The minimum Gasteiger partial charge on any atom is -0.405 e. The van der Waals surface area contributed by atoms with E-state index >= 15 is 0 Å². The van der Waals surface area contributed by atoms with Crippen LogP contribution in [0.2, 0.25) is 0 Å². The maximum Gasteiger partial charge on any atom is 0.140 e. The van der Waals surface area contributed by atoms with Crippen molar-refractivity contribution in [1.82, 2.24) is 9.55 Å². The van der Waals surface area contributed by atoms with E-state index in [1.54, 1.807) is 6.08 Å². The predicted octanol–water partition coefficient (Wildman–Crippen LogP) is 2.62. The van der Waals surface area contributed by atoms with E-state index in [2.05, 4.69) is 11.6 Å². The van der Waals surface area contributed by atoms with E-state index in [1.165, 1.54) is 6.20 Å². The molecule has 0 aliphatic heterocycles. The van der Waals surface area contributed by atoms with Crippen LogP contribution >= 0.6 is 0 Å². The molecule has 0 unspecified atom stereocenters. The van der Waals surface area contributed by atoms with Crippen LogP contribution in [-0.4, -0.2) is 9.55 Å². The number of allylic oxidation sites excluding steroid dienone is 4. The van der Waals surface area contributed by atoms with E-state index in [0.29, 0.717) is 0 Å². The Morgan fingerprint density at radius 3 is 2.82 bits per heavy atom. The lowest BCUT2D eigenvalue weighted by atomic mass is 10.2. The number of rotatable bonds is 3. The monoisotopic (exact) mass is 225 g/mol. The quantitative estimate of drug-likeness (QED) is 0.816. The van der Waals surface area contributed by atoms with Gasteiger partial charge in [0.2, 0.25) is 0 Å². The first-order valence-electron chi connectivity index (χ1n) is 5.40. The van der Waals surface area contributed by atoms with Gasteiger partial charge < -0.3 is 10.3 Å². The molecule has 3 nitrogen and oxygen atoms in total. The Morgan fingerprint density at radius 2 is 2.18 bits per heavy atom. The van der Waals surface area contributed by atoms with Gasteiger partial charge in [-0.3, -0.25) is 0 Å². The number of aryl methyl sites for hydroxylation is 1. The maximum atomic E-state index is 5.45. The lowest BCUT2D eigenvalue weighted by molar-refractivity contribution is 0.924. The summed E-state index contributed by atoms with van der Waals surface area (Å²) in [7, 11) is 1.99. The molecule has 2 rings (SSSR count). The average Bonchev–Trinajstić information content (AvgIpc) is 2.67. The fraction of sp³-hybridized carbons (Fsp3) is 0.0714. The van der Waals surface area contributed by atoms with Gasteiger partial charge in [0.1, 0.15) is 5.82 Å². The molecule has 0 saturated carbocycles. The molecule has 2 N–H and O–H groups in total. The maximum absolute atomic E-state index is 5.45. The Morgan fingerprint density at radius 1 is 1.41 bits per heavy atom. The Labute approximate surface area is 101 Å². The summed E-state index contributed by atoms with van der Waals surface area (Å²) in [5.41, 5.74) is 8.47. The topological polar surface area (TPSA) is 43.8 Å². The molecule has 17 heavy (non-hydrogen) atoms. The molecule has 0 saturated heterocycles. The zero-order valence-electron chi connectivity index (χ0n) is 9.80. The smallest absolute Gasteiger partial charge is 0.140 e. The highest BCUT2D eigenvalue weighted by molar-refractivity contribution is 5.82. The molecule has 0 radical (unpaired) electrons. The second-order valence-electron chi connectivity index (χ2n) is 3.70. The van der Waals surface area contributed by atoms with Crippen LogP contribution in [0.15, 0.2) is 55.3 Å². The number of aromatic nitrogens is 2. The van der Waals surface area contributed by atoms with Crippen molar-refractivity contribution in [3.63, 3.8) is 0 Å². The minimum absolute atomic E-state index is 0.882. The van der Waals surface area contributed by atoms with Crippen molar-refractivity contribution < 1.29 is 0 Å². The van der Waals surface area contributed by atoms with Crippen LogP contribution in [0.25, 0.3) is 16.6 Å². The van der Waals surface area contributed by atoms with E-state index in [0.717, 1.165) is 22.4 Å². The van der Waals surface area contributed by atoms with Crippen molar-refractivity contribution in [2.45, 2.75) is 0 Å². The third-order valence-electron chi connectivity index (χ3n) is 2.62. The van der Waals surface area contributed by atoms with Crippen LogP contribution in [0, 0.1) is 0 Å². The fourth-order valence-corrected chi connectivity index (χ4v) is 1.84. The highest BCUT2D eigenvalue weighted by Crippen LogP contribution is 2.20. The molecule has 2 aromatic rings. The molecule has 3 heteroatoms. The van der Waals surface area contributed by atoms with E-state index in [9.17, 15) is 0 Å². The van der Waals surface area contributed by atoms with Gasteiger partial charge in [-0.2, -0.15) is 0 Å². The molecule has 0 amide bonds. The van der Waals surface area contributed by atoms with Crippen LogP contribution in [0.5, 0.6) is 0 Å². The fourth-order valence-electron chi connectivity index (χ4n) is 1.84. The Bertz CT molecular complexity index is 603. The van der Waals surface area contributed by atoms with Gasteiger partial charge in [0, 0.05) is 12.6 Å². The summed E-state index contributed by atoms with van der Waals surface area (Å²) >= 11 is 0. The van der Waals surface area contributed by atoms with E-state index in [4.69, 9.17) is 5.73 Å². The summed E-state index contributed by atoms with van der Waals surface area (Å²) < 4.78 is 2.05. The Balaban J connectivity index is 2.65. The minimum atomic E-state index is 0.882. The summed E-state index contributed by atoms with van der Waals surface area (Å²) in [6.45, 7) is 3.70. The summed E-state index contributed by atoms with van der Waals surface area (Å²) in [6, 6.07) is 8.03. The molecule has 1 aromatic heterocycles. The zero-order valence-corrected chi connectivity index (χ0v) is 9.80. The summed E-state index contributed by atoms with van der Waals surface area (Å²) in [6.07, 6.45) is 6.96. The first-order chi connectivity index (χ1) is 8.27. The highest BCUT2D eigenvalue weighted by Gasteiger charge is 2.08. The van der Waals surface area contributed by atoms with Crippen molar-refractivity contribution in [3.8, 4) is 0 Å². The van der Waals surface area contributed by atoms with Gasteiger partial charge in [-0.05, 0) is 24.4 Å². The summed E-state index contributed by atoms with van der Waals surface area (Å²) in [4.78, 5) is 4.59. The van der Waals surface area contributed by atoms with E-state index < -0.39 is 0 Å². The number of imidazole rings is 1. The number of para-hydroxylation sites is 2. The lowest BCUT2D eigenvalue weighted by Crippen LogP contribution is -1.96. The van der Waals surface area contributed by atoms with Gasteiger partial charge in [-0.15, -0.1) is 0 Å². The van der Waals surface area contributed by atoms with Crippen molar-refractivity contribution in [3.05, 3.63) is 61.1 Å². The van der Waals surface area contributed by atoms with Gasteiger partial charge in [0.05, 0.1) is 11.0 Å². The second-order valence-corrected chi connectivity index (χ2v) is 3.70. The zero-order chi connectivity index (χ0) is 12.3. The van der Waals surface area contributed by atoms with Crippen LogP contribution in [0.4, 0.5) is 0 Å². The number of hydrogen-bond acceptors (Lipinski definition) is 2. The van der Waals surface area contributed by atoms with E-state index in [-0.39, 0.29) is 0 Å². The molecule has 86 valence electrons. The van der Waals surface area contributed by atoms with Gasteiger partial charge in [-0.1, -0.05) is 30.9 Å². The van der Waals surface area contributed by atoms with Gasteiger partial charge in [0.25, 0.3) is 0 Å². The van der Waals surface area contributed by atoms with Crippen molar-refractivity contribution in [2.75, 3.05) is 0 Å². The number of hydrogen-bond donors (Lipinski definition) is 1. The standard InChI is InChI=1S/C14H15N3/c1-3-6-11(9-10-15)14-16-12-7-4-5-8-13(12)17(14)2/h3-10H,1,15H2,2H3/b10-9-,11-6+. The molecule has 0 aliphatic carbocycles. The molecular formula is C14H15N3. The predicted molar refractivity (Wildman–Crippen MR) is 72.2 cm³/mol. The van der Waals surface area contributed by atoms with Crippen LogP contribution < -0.4 is 5.73 Å². The molecule has 0 atom stereocenters. The van der Waals surface area contributed by atoms with Gasteiger partial charge in [0.15, 0.2) is 0 Å². The molecule has 1 heterocycles. The third kappa shape index (κ3) is 1.99. The molecule has 1 aromatic carbocycles. The normalized spacial score (nSPS) is 12.4.